The van der Waals surface area contributed by atoms with Gasteiger partial charge in [-0.25, -0.2) is 0 Å². The number of Topliss-reactive ketones (excluding diaryl/α,β-unsaturated/α-hetero) is 2. The molecule has 0 saturated carbocycles. The van der Waals surface area contributed by atoms with Crippen LogP contribution < -0.4 is 0 Å². The van der Waals surface area contributed by atoms with Gasteiger partial charge in [-0.1, -0.05) is 0 Å². The van der Waals surface area contributed by atoms with E-state index in [0.717, 1.165) is 0 Å². The molecule has 20 heavy (non-hydrogen) atoms. The number of azide groups is 1. The lowest BCUT2D eigenvalue weighted by atomic mass is 9.71. The second kappa shape index (κ2) is 5.63. The van der Waals surface area contributed by atoms with Crippen LogP contribution in [0, 0.1) is 0 Å². The smallest absolute Gasteiger partial charge is 0.261 e. The summed E-state index contributed by atoms with van der Waals surface area (Å²) >= 11 is 0. The Morgan fingerprint density at radius 2 is 1.55 bits per heavy atom. The molecule has 0 unspecified atom stereocenters. The Hall–Kier alpha value is -1.88. The van der Waals surface area contributed by atoms with Gasteiger partial charge in [0, 0.05) is 4.91 Å². The van der Waals surface area contributed by atoms with E-state index >= 15 is 0 Å². The van der Waals surface area contributed by atoms with Crippen LogP contribution in [0.1, 0.15) is 13.8 Å². The van der Waals surface area contributed by atoms with Gasteiger partial charge in [-0.15, -0.1) is 0 Å². The number of carbonyl (C=O) groups is 3. The summed E-state index contributed by atoms with van der Waals surface area (Å²) in [6.45, 7) is -0.650. The molecule has 11 heteroatoms. The number of aliphatic hydroxyl groups is 5. The van der Waals surface area contributed by atoms with E-state index in [1.807, 2.05) is 4.91 Å². The van der Waals surface area contributed by atoms with Crippen molar-refractivity contribution < 1.29 is 39.9 Å². The van der Waals surface area contributed by atoms with Gasteiger partial charge in [0.25, 0.3) is 5.91 Å². The Balaban J connectivity index is 6.52. The zero-order valence-electron chi connectivity index (χ0n) is 10.5. The van der Waals surface area contributed by atoms with Gasteiger partial charge in [0.2, 0.25) is 17.0 Å². The lowest BCUT2D eigenvalue weighted by Gasteiger charge is -2.44. The fraction of sp³-hybridized carbons (Fsp3) is 0.667. The quantitative estimate of drug-likeness (QED) is 0.113. The topological polar surface area (TPSA) is 201 Å². The number of nitrogens with zero attached hydrogens (tertiary/aromatic N) is 3. The molecular weight excluding hydrogens is 278 g/mol. The van der Waals surface area contributed by atoms with E-state index in [1.165, 1.54) is 0 Å². The average Bonchev–Trinajstić information content (AvgIpc) is 2.35. The predicted molar refractivity (Wildman–Crippen MR) is 59.7 cm³/mol. The van der Waals surface area contributed by atoms with Gasteiger partial charge in [0.15, 0.2) is 11.6 Å². The maximum atomic E-state index is 11.5. The number of hydrogen-bond acceptors (Lipinski definition) is 8. The molecule has 2 atom stereocenters. The highest BCUT2D eigenvalue weighted by atomic mass is 16.6. The van der Waals surface area contributed by atoms with Crippen LogP contribution in [0.4, 0.5) is 0 Å². The van der Waals surface area contributed by atoms with Crippen LogP contribution in [0.3, 0.4) is 0 Å². The number of rotatable bonds is 6. The van der Waals surface area contributed by atoms with Crippen LogP contribution in [-0.4, -0.2) is 66.6 Å². The van der Waals surface area contributed by atoms with E-state index in [0.29, 0.717) is 13.8 Å². The van der Waals surface area contributed by atoms with Gasteiger partial charge >= 0.3 is 0 Å². The zero-order chi connectivity index (χ0) is 16.4. The van der Waals surface area contributed by atoms with Crippen LogP contribution in [0.5, 0.6) is 0 Å². The first-order chi connectivity index (χ1) is 8.93. The van der Waals surface area contributed by atoms with E-state index in [4.69, 9.17) is 10.6 Å². The van der Waals surface area contributed by atoms with E-state index in [2.05, 4.69) is 5.11 Å². The number of aliphatic hydroxyl groups excluding tert-OH is 1. The van der Waals surface area contributed by atoms with Crippen molar-refractivity contribution in [3.05, 3.63) is 10.4 Å². The molecule has 0 radical (unpaired) electrons. The highest BCUT2D eigenvalue weighted by molar-refractivity contribution is 6.15. The van der Waals surface area contributed by atoms with Crippen molar-refractivity contribution in [1.29, 1.82) is 0 Å². The minimum absolute atomic E-state index is 0.522. The summed E-state index contributed by atoms with van der Waals surface area (Å²) < 4.78 is 0. The summed E-state index contributed by atoms with van der Waals surface area (Å²) in [4.78, 5) is 36.4. The Bertz CT molecular complexity index is 497. The van der Waals surface area contributed by atoms with E-state index in [-0.39, 0.29) is 0 Å². The molecule has 0 rings (SSSR count). The van der Waals surface area contributed by atoms with E-state index in [1.54, 1.807) is 0 Å². The first-order valence-electron chi connectivity index (χ1n) is 5.05. The standard InChI is InChI=1S/C9H13N3O8/c1-4(14)8(19,6(16)11-12-10)9(20,5(2)15)7(17,18)3-13/h13,17-20H,3H2,1-2H3/t8-,9+/m0/s1. The molecule has 0 fully saturated rings. The highest BCUT2D eigenvalue weighted by Crippen LogP contribution is 2.35. The van der Waals surface area contributed by atoms with Crippen molar-refractivity contribution in [2.24, 2.45) is 5.11 Å². The number of carbonyl (C=O) groups excluding carboxylic acids is 3. The molecule has 0 aliphatic carbocycles. The second-order valence-electron chi connectivity index (χ2n) is 4.00. The molecular formula is C9H13N3O8. The molecule has 1 amide bonds. The van der Waals surface area contributed by atoms with Crippen LogP contribution in [-0.2, 0) is 14.4 Å². The molecule has 0 bridgehead atoms. The molecule has 112 valence electrons. The fourth-order valence-electron chi connectivity index (χ4n) is 1.61. The Kier molecular flexibility index (Phi) is 5.10. The number of ketones is 2. The normalized spacial score (nSPS) is 17.4. The van der Waals surface area contributed by atoms with Gasteiger partial charge in [-0.05, 0) is 24.5 Å². The molecule has 11 nitrogen and oxygen atoms in total. The fourth-order valence-corrected chi connectivity index (χ4v) is 1.61. The first-order valence-corrected chi connectivity index (χ1v) is 5.05. The molecule has 0 aromatic heterocycles. The summed E-state index contributed by atoms with van der Waals surface area (Å²) in [5.74, 6) is -9.02. The van der Waals surface area contributed by atoms with Crippen LogP contribution in [0.15, 0.2) is 5.11 Å². The molecule has 5 N–H and O–H groups in total. The van der Waals surface area contributed by atoms with E-state index < -0.39 is 41.1 Å². The van der Waals surface area contributed by atoms with Crippen molar-refractivity contribution in [3.8, 4) is 0 Å². The van der Waals surface area contributed by atoms with Crippen LogP contribution >= 0.6 is 0 Å². The van der Waals surface area contributed by atoms with Gasteiger partial charge in [-0.2, -0.15) is 0 Å². The monoisotopic (exact) mass is 291 g/mol. The molecule has 0 aromatic rings. The third-order valence-electron chi connectivity index (χ3n) is 2.79. The SMILES string of the molecule is CC(=O)[C@](O)(C(=O)N=[N+]=[N-])[C@@](O)(C(C)=O)C(O)(O)CO. The van der Waals surface area contributed by atoms with Gasteiger partial charge in [0.05, 0.1) is 0 Å². The number of amides is 1. The lowest BCUT2D eigenvalue weighted by molar-refractivity contribution is -0.309. The maximum absolute atomic E-state index is 11.5. The van der Waals surface area contributed by atoms with Crippen molar-refractivity contribution >= 4 is 17.5 Å². The van der Waals surface area contributed by atoms with E-state index in [9.17, 15) is 34.8 Å². The molecule has 0 aromatic carbocycles. The maximum Gasteiger partial charge on any atom is 0.261 e. The van der Waals surface area contributed by atoms with Crippen molar-refractivity contribution in [3.63, 3.8) is 0 Å². The van der Waals surface area contributed by atoms with Crippen LogP contribution in [0.2, 0.25) is 0 Å². The Morgan fingerprint density at radius 3 is 1.80 bits per heavy atom. The van der Waals surface area contributed by atoms with Crippen LogP contribution in [0.25, 0.3) is 10.4 Å². The highest BCUT2D eigenvalue weighted by Gasteiger charge is 2.70. The van der Waals surface area contributed by atoms with Gasteiger partial charge in [0.1, 0.15) is 6.61 Å². The first kappa shape index (κ1) is 18.1. The van der Waals surface area contributed by atoms with Crippen molar-refractivity contribution in [2.75, 3.05) is 6.61 Å². The Labute approximate surface area is 111 Å². The summed E-state index contributed by atoms with van der Waals surface area (Å²) in [6.07, 6.45) is 0. The largest absolute Gasteiger partial charge is 0.391 e. The average molecular weight is 291 g/mol. The Morgan fingerprint density at radius 1 is 1.10 bits per heavy atom. The third-order valence-corrected chi connectivity index (χ3v) is 2.79. The summed E-state index contributed by atoms with van der Waals surface area (Å²) in [5.41, 5.74) is 0.498. The molecule has 0 heterocycles. The van der Waals surface area contributed by atoms with Gasteiger partial charge < -0.3 is 25.5 Å². The minimum Gasteiger partial charge on any atom is -0.391 e. The van der Waals surface area contributed by atoms with Crippen molar-refractivity contribution in [2.45, 2.75) is 30.8 Å². The number of hydrogen-bond donors (Lipinski definition) is 5. The minimum atomic E-state index is -3.84. The lowest BCUT2D eigenvalue weighted by Crippen LogP contribution is -2.77. The van der Waals surface area contributed by atoms with Crippen molar-refractivity contribution in [1.82, 2.24) is 0 Å². The predicted octanol–water partition coefficient (Wildman–Crippen LogP) is -2.86. The molecule has 0 aliphatic rings. The molecule has 0 spiro atoms. The molecule has 0 aliphatic heterocycles. The second-order valence-corrected chi connectivity index (χ2v) is 4.00. The third kappa shape index (κ3) is 2.29. The summed E-state index contributed by atoms with van der Waals surface area (Å²) in [7, 11) is 0. The zero-order valence-corrected chi connectivity index (χ0v) is 10.5. The molecule has 0 saturated heterocycles. The summed E-state index contributed by atoms with van der Waals surface area (Å²) in [6, 6.07) is 0. The summed E-state index contributed by atoms with van der Waals surface area (Å²) in [5, 5.41) is 50.1. The van der Waals surface area contributed by atoms with Gasteiger partial charge in [-0.3, -0.25) is 14.4 Å².